The largest absolute Gasteiger partial charge is 0.391 e. The SMILES string of the molecule is Cc1cc(-c2cnn3c(NCC4CCOC4)cc(N[C@H]4CCCC[C@H]4O)nc23)ccc1C(=O)NC1CC1. The van der Waals surface area contributed by atoms with Crippen molar-refractivity contribution >= 4 is 23.2 Å². The molecule has 1 unspecified atom stereocenters. The maximum absolute atomic E-state index is 12.6. The summed E-state index contributed by atoms with van der Waals surface area (Å²) in [6.45, 7) is 4.34. The molecule has 9 nitrogen and oxygen atoms in total. The van der Waals surface area contributed by atoms with Gasteiger partial charge in [-0.3, -0.25) is 4.79 Å². The van der Waals surface area contributed by atoms with E-state index >= 15 is 0 Å². The Bertz CT molecular complexity index is 1280. The monoisotopic (exact) mass is 504 g/mol. The molecule has 37 heavy (non-hydrogen) atoms. The van der Waals surface area contributed by atoms with E-state index in [1.54, 1.807) is 0 Å². The van der Waals surface area contributed by atoms with Gasteiger partial charge in [0.05, 0.1) is 24.9 Å². The van der Waals surface area contributed by atoms with Gasteiger partial charge in [-0.1, -0.05) is 25.0 Å². The number of rotatable bonds is 8. The van der Waals surface area contributed by atoms with E-state index in [1.807, 2.05) is 41.9 Å². The molecule has 6 rings (SSSR count). The number of aliphatic hydroxyl groups is 1. The number of aryl methyl sites for hydroxylation is 1. The third-order valence-corrected chi connectivity index (χ3v) is 7.83. The summed E-state index contributed by atoms with van der Waals surface area (Å²) in [5.74, 6) is 2.03. The standard InChI is InChI=1S/C28H36N6O3/c1-17-12-19(6-9-21(17)28(36)31-20-7-8-20)22-15-30-34-26(29-14-18-10-11-37-16-18)13-25(33-27(22)34)32-23-4-2-3-5-24(23)35/h6,9,12-13,15,18,20,23-24,29,35H,2-5,7-8,10-11,14,16H2,1H3,(H,31,36)(H,32,33)/t18?,23-,24+/m0/s1. The Balaban J connectivity index is 1.33. The second-order valence-corrected chi connectivity index (χ2v) is 10.8. The molecule has 196 valence electrons. The Morgan fingerprint density at radius 1 is 1.16 bits per heavy atom. The van der Waals surface area contributed by atoms with Gasteiger partial charge in [-0.15, -0.1) is 0 Å². The molecule has 2 saturated carbocycles. The normalized spacial score (nSPS) is 23.8. The summed E-state index contributed by atoms with van der Waals surface area (Å²) < 4.78 is 7.39. The first kappa shape index (κ1) is 24.2. The summed E-state index contributed by atoms with van der Waals surface area (Å²) >= 11 is 0. The van der Waals surface area contributed by atoms with Gasteiger partial charge in [0.25, 0.3) is 5.91 Å². The van der Waals surface area contributed by atoms with Gasteiger partial charge in [0.15, 0.2) is 5.65 Å². The Kier molecular flexibility index (Phi) is 6.73. The van der Waals surface area contributed by atoms with Crippen LogP contribution in [0.2, 0.25) is 0 Å². The second-order valence-electron chi connectivity index (χ2n) is 10.8. The fraction of sp³-hybridized carbons (Fsp3) is 0.536. The minimum Gasteiger partial charge on any atom is -0.391 e. The highest BCUT2D eigenvalue weighted by molar-refractivity contribution is 5.97. The molecule has 4 N–H and O–H groups in total. The highest BCUT2D eigenvalue weighted by Crippen LogP contribution is 2.30. The second kappa shape index (κ2) is 10.3. The van der Waals surface area contributed by atoms with Gasteiger partial charge in [0.1, 0.15) is 11.6 Å². The van der Waals surface area contributed by atoms with Crippen LogP contribution in [0.3, 0.4) is 0 Å². The summed E-state index contributed by atoms with van der Waals surface area (Å²) in [7, 11) is 0. The van der Waals surface area contributed by atoms with Crippen molar-refractivity contribution in [1.82, 2.24) is 19.9 Å². The molecule has 1 aromatic carbocycles. The van der Waals surface area contributed by atoms with E-state index in [2.05, 4.69) is 21.0 Å². The summed E-state index contributed by atoms with van der Waals surface area (Å²) in [5, 5.41) is 25.4. The van der Waals surface area contributed by atoms with Crippen molar-refractivity contribution in [3.05, 3.63) is 41.6 Å². The first-order chi connectivity index (χ1) is 18.0. The molecule has 1 saturated heterocycles. The molecule has 9 heteroatoms. The maximum atomic E-state index is 12.6. The van der Waals surface area contributed by atoms with Crippen LogP contribution in [0.25, 0.3) is 16.8 Å². The van der Waals surface area contributed by atoms with Crippen LogP contribution >= 0.6 is 0 Å². The smallest absolute Gasteiger partial charge is 0.251 e. The van der Waals surface area contributed by atoms with Crippen molar-refractivity contribution in [2.45, 2.75) is 70.1 Å². The number of nitrogens with one attached hydrogen (secondary N) is 3. The molecular formula is C28H36N6O3. The molecule has 1 amide bonds. The van der Waals surface area contributed by atoms with Crippen LogP contribution in [0.4, 0.5) is 11.6 Å². The maximum Gasteiger partial charge on any atom is 0.251 e. The lowest BCUT2D eigenvalue weighted by atomic mass is 9.92. The fourth-order valence-corrected chi connectivity index (χ4v) is 5.41. The number of anilines is 2. The van der Waals surface area contributed by atoms with Gasteiger partial charge in [-0.25, -0.2) is 4.98 Å². The van der Waals surface area contributed by atoms with Crippen molar-refractivity contribution in [1.29, 1.82) is 0 Å². The van der Waals surface area contributed by atoms with Gasteiger partial charge >= 0.3 is 0 Å². The molecular weight excluding hydrogens is 468 g/mol. The third kappa shape index (κ3) is 5.29. The topological polar surface area (TPSA) is 113 Å². The van der Waals surface area contributed by atoms with E-state index in [9.17, 15) is 9.90 Å². The number of fused-ring (bicyclic) bond motifs is 1. The van der Waals surface area contributed by atoms with Crippen LogP contribution in [0.5, 0.6) is 0 Å². The number of carbonyl (C=O) groups is 1. The van der Waals surface area contributed by atoms with Crippen LogP contribution in [0.1, 0.15) is 60.9 Å². The van der Waals surface area contributed by atoms with E-state index in [0.717, 1.165) is 98.7 Å². The van der Waals surface area contributed by atoms with E-state index in [0.29, 0.717) is 17.5 Å². The fourth-order valence-electron chi connectivity index (χ4n) is 5.41. The summed E-state index contributed by atoms with van der Waals surface area (Å²) in [5.41, 5.74) is 4.23. The van der Waals surface area contributed by atoms with Gasteiger partial charge in [-0.2, -0.15) is 9.61 Å². The van der Waals surface area contributed by atoms with E-state index < -0.39 is 0 Å². The molecule has 3 atom stereocenters. The lowest BCUT2D eigenvalue weighted by Crippen LogP contribution is -2.36. The molecule has 3 heterocycles. The number of nitrogens with zero attached hydrogens (tertiary/aromatic N) is 3. The average molecular weight is 505 g/mol. The minimum absolute atomic E-state index is 0.00977. The summed E-state index contributed by atoms with van der Waals surface area (Å²) in [4.78, 5) is 17.6. The first-order valence-electron chi connectivity index (χ1n) is 13.6. The van der Waals surface area contributed by atoms with Crippen molar-refractivity contribution in [3.63, 3.8) is 0 Å². The zero-order valence-electron chi connectivity index (χ0n) is 21.4. The highest BCUT2D eigenvalue weighted by Gasteiger charge is 2.26. The molecule has 0 radical (unpaired) electrons. The third-order valence-electron chi connectivity index (χ3n) is 7.83. The summed E-state index contributed by atoms with van der Waals surface area (Å²) in [6.07, 6.45) is 8.53. The number of hydrogen-bond acceptors (Lipinski definition) is 7. The zero-order chi connectivity index (χ0) is 25.4. The number of carbonyl (C=O) groups excluding carboxylic acids is 1. The van der Waals surface area contributed by atoms with Crippen molar-refractivity contribution < 1.29 is 14.6 Å². The van der Waals surface area contributed by atoms with Crippen LogP contribution in [0.15, 0.2) is 30.5 Å². The average Bonchev–Trinajstić information content (AvgIpc) is 3.36. The zero-order valence-corrected chi connectivity index (χ0v) is 21.4. The summed E-state index contributed by atoms with van der Waals surface area (Å²) in [6, 6.07) is 8.20. The van der Waals surface area contributed by atoms with Gasteiger partial charge in [0.2, 0.25) is 0 Å². The number of benzene rings is 1. The first-order valence-corrected chi connectivity index (χ1v) is 13.6. The molecule has 3 fully saturated rings. The van der Waals surface area contributed by atoms with Crippen LogP contribution in [0, 0.1) is 12.8 Å². The van der Waals surface area contributed by atoms with Crippen molar-refractivity contribution in [2.24, 2.45) is 5.92 Å². The Morgan fingerprint density at radius 3 is 2.78 bits per heavy atom. The predicted octanol–water partition coefficient (Wildman–Crippen LogP) is 3.76. The van der Waals surface area contributed by atoms with E-state index in [-0.39, 0.29) is 18.1 Å². The lowest BCUT2D eigenvalue weighted by Gasteiger charge is -2.29. The molecule has 3 aromatic rings. The number of amides is 1. The van der Waals surface area contributed by atoms with Crippen molar-refractivity contribution in [3.8, 4) is 11.1 Å². The number of aromatic nitrogens is 3. The number of aliphatic hydroxyl groups excluding tert-OH is 1. The van der Waals surface area contributed by atoms with E-state index in [1.165, 1.54) is 0 Å². The minimum atomic E-state index is -0.375. The molecule has 0 bridgehead atoms. The Labute approximate surface area is 217 Å². The van der Waals surface area contributed by atoms with Crippen molar-refractivity contribution in [2.75, 3.05) is 30.4 Å². The lowest BCUT2D eigenvalue weighted by molar-refractivity contribution is 0.0950. The van der Waals surface area contributed by atoms with Crippen LogP contribution in [-0.4, -0.2) is 63.6 Å². The quantitative estimate of drug-likeness (QED) is 0.369. The molecule has 1 aliphatic heterocycles. The van der Waals surface area contributed by atoms with Crippen LogP contribution < -0.4 is 16.0 Å². The molecule has 2 aromatic heterocycles. The van der Waals surface area contributed by atoms with E-state index in [4.69, 9.17) is 9.72 Å². The predicted molar refractivity (Wildman–Crippen MR) is 143 cm³/mol. The van der Waals surface area contributed by atoms with Gasteiger partial charge in [-0.05, 0) is 56.2 Å². The number of hydrogen-bond donors (Lipinski definition) is 4. The number of ether oxygens (including phenoxy) is 1. The highest BCUT2D eigenvalue weighted by atomic mass is 16.5. The molecule has 2 aliphatic carbocycles. The van der Waals surface area contributed by atoms with Crippen LogP contribution in [-0.2, 0) is 4.74 Å². The Morgan fingerprint density at radius 2 is 2.03 bits per heavy atom. The Hall–Kier alpha value is -3.17. The molecule has 0 spiro atoms. The van der Waals surface area contributed by atoms with Gasteiger partial charge in [0, 0.05) is 42.3 Å². The molecule has 3 aliphatic rings. The van der Waals surface area contributed by atoms with Gasteiger partial charge < -0.3 is 25.8 Å².